The third kappa shape index (κ3) is 5.39. The van der Waals surface area contributed by atoms with E-state index in [4.69, 9.17) is 4.74 Å². The molecule has 1 amide bonds. The molecule has 2 aromatic rings. The summed E-state index contributed by atoms with van der Waals surface area (Å²) < 4.78 is 5.23. The van der Waals surface area contributed by atoms with Gasteiger partial charge in [0.15, 0.2) is 6.61 Å². The third-order valence-electron chi connectivity index (χ3n) is 5.62. The number of amides is 1. The van der Waals surface area contributed by atoms with Gasteiger partial charge in [-0.25, -0.2) is 4.79 Å². The number of nitrogens with zero attached hydrogens (tertiary/aromatic N) is 2. The van der Waals surface area contributed by atoms with E-state index in [9.17, 15) is 19.7 Å². The summed E-state index contributed by atoms with van der Waals surface area (Å²) in [6.07, 6.45) is 1.95. The van der Waals surface area contributed by atoms with Crippen molar-refractivity contribution in [3.05, 3.63) is 63.2 Å². The van der Waals surface area contributed by atoms with Gasteiger partial charge in [-0.1, -0.05) is 25.1 Å². The zero-order valence-electron chi connectivity index (χ0n) is 18.0. The smallest absolute Gasteiger partial charge is 0.341 e. The number of hydrogen-bond acceptors (Lipinski definition) is 6. The van der Waals surface area contributed by atoms with Gasteiger partial charge in [0, 0.05) is 30.9 Å². The molecule has 0 unspecified atom stereocenters. The second kappa shape index (κ2) is 9.59. The van der Waals surface area contributed by atoms with Gasteiger partial charge < -0.3 is 15.0 Å². The monoisotopic (exact) mass is 425 g/mol. The largest absolute Gasteiger partial charge is 0.452 e. The fraction of sp³-hybridized carbons (Fsp3) is 0.391. The SMILES string of the molecule is Cc1cccc(C)c1NC(=O)COC(=O)c1cc([N+](=O)[O-])ccc1N1CCC(C)CC1. The molecule has 1 fully saturated rings. The van der Waals surface area contributed by atoms with Crippen LogP contribution in [0.25, 0.3) is 0 Å². The van der Waals surface area contributed by atoms with Crippen molar-refractivity contribution in [2.75, 3.05) is 29.9 Å². The normalized spacial score (nSPS) is 14.2. The van der Waals surface area contributed by atoms with Crippen LogP contribution in [0.1, 0.15) is 41.3 Å². The van der Waals surface area contributed by atoms with E-state index in [1.165, 1.54) is 12.1 Å². The minimum atomic E-state index is -0.756. The van der Waals surface area contributed by atoms with Gasteiger partial charge in [-0.05, 0) is 49.8 Å². The van der Waals surface area contributed by atoms with E-state index in [0.29, 0.717) is 17.3 Å². The van der Waals surface area contributed by atoms with Crippen LogP contribution >= 0.6 is 0 Å². The lowest BCUT2D eigenvalue weighted by molar-refractivity contribution is -0.384. The lowest BCUT2D eigenvalue weighted by atomic mass is 9.98. The summed E-state index contributed by atoms with van der Waals surface area (Å²) in [4.78, 5) is 37.8. The number of nitrogens with one attached hydrogen (secondary N) is 1. The Morgan fingerprint density at radius 3 is 2.42 bits per heavy atom. The summed E-state index contributed by atoms with van der Waals surface area (Å²) in [5.74, 6) is -0.628. The Balaban J connectivity index is 1.74. The number of carbonyl (C=O) groups is 2. The van der Waals surface area contributed by atoms with Crippen LogP contribution in [0.2, 0.25) is 0 Å². The van der Waals surface area contributed by atoms with E-state index in [-0.39, 0.29) is 11.3 Å². The number of nitro benzene ring substituents is 1. The van der Waals surface area contributed by atoms with Crippen LogP contribution in [-0.4, -0.2) is 36.5 Å². The standard InChI is InChI=1S/C23H27N3O5/c1-15-9-11-25(12-10-15)20-8-7-18(26(29)30)13-19(20)23(28)31-14-21(27)24-22-16(2)5-4-6-17(22)3/h4-8,13,15H,9-12,14H2,1-3H3,(H,24,27). The second-order valence-corrected chi connectivity index (χ2v) is 8.02. The lowest BCUT2D eigenvalue weighted by Gasteiger charge is -2.33. The van der Waals surface area contributed by atoms with Crippen LogP contribution in [-0.2, 0) is 9.53 Å². The molecule has 8 nitrogen and oxygen atoms in total. The molecule has 0 aliphatic carbocycles. The van der Waals surface area contributed by atoms with E-state index in [1.807, 2.05) is 36.9 Å². The minimum Gasteiger partial charge on any atom is -0.452 e. The Kier molecular flexibility index (Phi) is 6.89. The van der Waals surface area contributed by atoms with Crippen molar-refractivity contribution in [1.29, 1.82) is 0 Å². The molecule has 3 rings (SSSR count). The Labute approximate surface area is 181 Å². The molecule has 31 heavy (non-hydrogen) atoms. The molecule has 0 radical (unpaired) electrons. The number of non-ortho nitro benzene ring substituents is 1. The summed E-state index contributed by atoms with van der Waals surface area (Å²) >= 11 is 0. The van der Waals surface area contributed by atoms with Gasteiger partial charge in [-0.2, -0.15) is 0 Å². The number of anilines is 2. The summed E-state index contributed by atoms with van der Waals surface area (Å²) in [6, 6.07) is 9.84. The van der Waals surface area contributed by atoms with Gasteiger partial charge in [0.05, 0.1) is 16.2 Å². The molecule has 1 N–H and O–H groups in total. The number of aryl methyl sites for hydroxylation is 2. The number of piperidine rings is 1. The summed E-state index contributed by atoms with van der Waals surface area (Å²) in [7, 11) is 0. The van der Waals surface area contributed by atoms with Crippen LogP contribution in [0.5, 0.6) is 0 Å². The average Bonchev–Trinajstić information content (AvgIpc) is 2.75. The maximum atomic E-state index is 12.8. The number of esters is 1. The molecule has 0 saturated carbocycles. The Morgan fingerprint density at radius 1 is 1.16 bits per heavy atom. The number of carbonyl (C=O) groups excluding carboxylic acids is 2. The maximum Gasteiger partial charge on any atom is 0.341 e. The number of rotatable bonds is 6. The highest BCUT2D eigenvalue weighted by atomic mass is 16.6. The minimum absolute atomic E-state index is 0.101. The zero-order valence-corrected chi connectivity index (χ0v) is 18.0. The van der Waals surface area contributed by atoms with E-state index in [0.717, 1.165) is 37.1 Å². The van der Waals surface area contributed by atoms with Crippen LogP contribution in [0, 0.1) is 29.9 Å². The Morgan fingerprint density at radius 2 is 1.81 bits per heavy atom. The van der Waals surface area contributed by atoms with Crippen LogP contribution in [0.4, 0.5) is 17.1 Å². The van der Waals surface area contributed by atoms with Crippen LogP contribution in [0.3, 0.4) is 0 Å². The average molecular weight is 425 g/mol. The van der Waals surface area contributed by atoms with Crippen LogP contribution < -0.4 is 10.2 Å². The maximum absolute atomic E-state index is 12.8. The van der Waals surface area contributed by atoms with Crippen molar-refractivity contribution in [3.63, 3.8) is 0 Å². The third-order valence-corrected chi connectivity index (χ3v) is 5.62. The first-order valence-electron chi connectivity index (χ1n) is 10.3. The van der Waals surface area contributed by atoms with Gasteiger partial charge in [0.2, 0.25) is 0 Å². The van der Waals surface area contributed by atoms with E-state index in [1.54, 1.807) is 6.07 Å². The number of nitro groups is 1. The quantitative estimate of drug-likeness (QED) is 0.422. The van der Waals surface area contributed by atoms with Gasteiger partial charge in [0.25, 0.3) is 11.6 Å². The van der Waals surface area contributed by atoms with Crippen molar-refractivity contribution in [1.82, 2.24) is 0 Å². The summed E-state index contributed by atoms with van der Waals surface area (Å²) in [5, 5.41) is 14.0. The molecule has 1 aliphatic heterocycles. The fourth-order valence-electron chi connectivity index (χ4n) is 3.72. The van der Waals surface area contributed by atoms with E-state index < -0.39 is 23.4 Å². The predicted molar refractivity (Wildman–Crippen MR) is 119 cm³/mol. The summed E-state index contributed by atoms with van der Waals surface area (Å²) in [6.45, 7) is 6.97. The molecule has 8 heteroatoms. The Bertz CT molecular complexity index is 976. The molecule has 1 saturated heterocycles. The highest BCUT2D eigenvalue weighted by molar-refractivity contribution is 5.99. The molecule has 2 aromatic carbocycles. The van der Waals surface area contributed by atoms with E-state index in [2.05, 4.69) is 12.2 Å². The van der Waals surface area contributed by atoms with Crippen molar-refractivity contribution in [2.24, 2.45) is 5.92 Å². The predicted octanol–water partition coefficient (Wildman–Crippen LogP) is 4.24. The zero-order chi connectivity index (χ0) is 22.5. The van der Waals surface area contributed by atoms with Crippen molar-refractivity contribution < 1.29 is 19.2 Å². The highest BCUT2D eigenvalue weighted by Gasteiger charge is 2.25. The van der Waals surface area contributed by atoms with Gasteiger partial charge in [-0.15, -0.1) is 0 Å². The molecular weight excluding hydrogens is 398 g/mol. The van der Waals surface area contributed by atoms with Gasteiger partial charge in [-0.3, -0.25) is 14.9 Å². The van der Waals surface area contributed by atoms with Crippen molar-refractivity contribution in [3.8, 4) is 0 Å². The highest BCUT2D eigenvalue weighted by Crippen LogP contribution is 2.30. The molecule has 0 aromatic heterocycles. The fourth-order valence-corrected chi connectivity index (χ4v) is 3.72. The second-order valence-electron chi connectivity index (χ2n) is 8.02. The molecule has 0 bridgehead atoms. The molecule has 1 heterocycles. The molecular formula is C23H27N3O5. The first-order valence-corrected chi connectivity index (χ1v) is 10.3. The van der Waals surface area contributed by atoms with E-state index >= 15 is 0 Å². The lowest BCUT2D eigenvalue weighted by Crippen LogP contribution is -2.34. The molecule has 0 spiro atoms. The topological polar surface area (TPSA) is 102 Å². The van der Waals surface area contributed by atoms with Gasteiger partial charge >= 0.3 is 5.97 Å². The van der Waals surface area contributed by atoms with Crippen molar-refractivity contribution in [2.45, 2.75) is 33.6 Å². The van der Waals surface area contributed by atoms with Crippen LogP contribution in [0.15, 0.2) is 36.4 Å². The number of ether oxygens (including phenoxy) is 1. The van der Waals surface area contributed by atoms with Gasteiger partial charge in [0.1, 0.15) is 0 Å². The molecule has 0 atom stereocenters. The molecule has 1 aliphatic rings. The first kappa shape index (κ1) is 22.3. The molecule has 164 valence electrons. The number of hydrogen-bond donors (Lipinski definition) is 1. The van der Waals surface area contributed by atoms with Crippen molar-refractivity contribution >= 4 is 28.9 Å². The Hall–Kier alpha value is -3.42. The number of benzene rings is 2. The number of para-hydroxylation sites is 1. The first-order chi connectivity index (χ1) is 14.8. The summed E-state index contributed by atoms with van der Waals surface area (Å²) in [5.41, 5.74) is 2.99.